The predicted molar refractivity (Wildman–Crippen MR) is 124 cm³/mol. The van der Waals surface area contributed by atoms with Crippen molar-refractivity contribution in [2.75, 3.05) is 52.9 Å². The highest BCUT2D eigenvalue weighted by Crippen LogP contribution is 2.21. The van der Waals surface area contributed by atoms with Gasteiger partial charge in [-0.25, -0.2) is 4.18 Å². The van der Waals surface area contributed by atoms with Gasteiger partial charge in [0.25, 0.3) is 0 Å². The van der Waals surface area contributed by atoms with Gasteiger partial charge in [-0.1, -0.05) is 63.6 Å². The highest BCUT2D eigenvalue weighted by Gasteiger charge is 2.04. The van der Waals surface area contributed by atoms with E-state index in [1.807, 2.05) is 12.1 Å². The fourth-order valence-electron chi connectivity index (χ4n) is 3.07. The first-order valence-corrected chi connectivity index (χ1v) is 12.9. The quantitative estimate of drug-likeness (QED) is 0.196. The lowest BCUT2D eigenvalue weighted by Gasteiger charge is -2.12. The molecule has 1 N–H and O–H groups in total. The van der Waals surface area contributed by atoms with E-state index in [4.69, 9.17) is 23.5 Å². The van der Waals surface area contributed by atoms with E-state index >= 15 is 0 Å². The molecule has 0 spiro atoms. The first kappa shape index (κ1) is 28.8. The first-order chi connectivity index (χ1) is 15.5. The van der Waals surface area contributed by atoms with E-state index in [1.54, 1.807) is 0 Å². The summed E-state index contributed by atoms with van der Waals surface area (Å²) in [6.45, 7) is 4.58. The lowest BCUT2D eigenvalue weighted by atomic mass is 10.0. The van der Waals surface area contributed by atoms with E-state index in [9.17, 15) is 8.42 Å². The molecule has 0 amide bonds. The van der Waals surface area contributed by atoms with E-state index in [0.29, 0.717) is 39.6 Å². The Labute approximate surface area is 193 Å². The van der Waals surface area contributed by atoms with Crippen molar-refractivity contribution >= 4 is 10.4 Å². The van der Waals surface area contributed by atoms with Crippen molar-refractivity contribution in [2.24, 2.45) is 0 Å². The van der Waals surface area contributed by atoms with Crippen LogP contribution < -0.4 is 4.74 Å². The van der Waals surface area contributed by atoms with E-state index < -0.39 is 10.4 Å². The molecule has 0 aromatic heterocycles. The fourth-order valence-corrected chi connectivity index (χ4v) is 3.35. The molecule has 0 aliphatic carbocycles. The minimum atomic E-state index is -4.40. The van der Waals surface area contributed by atoms with Crippen LogP contribution in [0.2, 0.25) is 0 Å². The van der Waals surface area contributed by atoms with Crippen molar-refractivity contribution < 1.29 is 36.1 Å². The van der Waals surface area contributed by atoms with Gasteiger partial charge in [0, 0.05) is 0 Å². The second kappa shape index (κ2) is 19.3. The molecule has 0 aliphatic heterocycles. The molecule has 186 valence electrons. The number of ether oxygens (including phenoxy) is 4. The molecule has 0 fully saturated rings. The van der Waals surface area contributed by atoms with E-state index in [2.05, 4.69) is 23.2 Å². The van der Waals surface area contributed by atoms with Crippen molar-refractivity contribution in [3.63, 3.8) is 0 Å². The third-order valence-corrected chi connectivity index (χ3v) is 5.18. The average Bonchev–Trinajstić information content (AvgIpc) is 2.76. The van der Waals surface area contributed by atoms with Crippen molar-refractivity contribution in [1.29, 1.82) is 0 Å². The average molecular weight is 477 g/mol. The number of unbranched alkanes of at least 4 members (excludes halogenated alkanes) is 6. The second-order valence-corrected chi connectivity index (χ2v) is 8.51. The zero-order chi connectivity index (χ0) is 23.3. The molecule has 0 unspecified atom stereocenters. The lowest BCUT2D eigenvalue weighted by molar-refractivity contribution is 0.00476. The molecular formula is C23H40O8S. The topological polar surface area (TPSA) is 101 Å². The predicted octanol–water partition coefficient (Wildman–Crippen LogP) is 4.23. The van der Waals surface area contributed by atoms with E-state index in [1.165, 1.54) is 50.5 Å². The molecule has 1 rings (SSSR count). The van der Waals surface area contributed by atoms with Crippen LogP contribution in [-0.4, -0.2) is 65.8 Å². The van der Waals surface area contributed by atoms with Gasteiger partial charge in [-0.3, -0.25) is 4.55 Å². The Bertz CT molecular complexity index is 666. The van der Waals surface area contributed by atoms with Crippen LogP contribution in [0.3, 0.4) is 0 Å². The van der Waals surface area contributed by atoms with Gasteiger partial charge in [-0.2, -0.15) is 8.42 Å². The Morgan fingerprint density at radius 2 is 1.25 bits per heavy atom. The summed E-state index contributed by atoms with van der Waals surface area (Å²) >= 11 is 0. The van der Waals surface area contributed by atoms with Crippen molar-refractivity contribution in [3.05, 3.63) is 29.8 Å². The number of benzene rings is 1. The van der Waals surface area contributed by atoms with Crippen LogP contribution in [0.1, 0.15) is 57.4 Å². The third-order valence-electron chi connectivity index (χ3n) is 4.71. The molecule has 0 heterocycles. The zero-order valence-electron chi connectivity index (χ0n) is 19.3. The van der Waals surface area contributed by atoms with Crippen molar-refractivity contribution in [3.8, 4) is 5.75 Å². The van der Waals surface area contributed by atoms with Crippen LogP contribution in [0.25, 0.3) is 0 Å². The molecule has 9 heteroatoms. The molecule has 0 atom stereocenters. The number of aryl methyl sites for hydroxylation is 1. The number of hydrogen-bond acceptors (Lipinski definition) is 7. The maximum absolute atomic E-state index is 10.3. The minimum Gasteiger partial charge on any atom is -0.491 e. The van der Waals surface area contributed by atoms with Gasteiger partial charge in [-0.15, -0.1) is 0 Å². The van der Waals surface area contributed by atoms with Gasteiger partial charge in [-0.05, 0) is 24.5 Å². The molecule has 1 aromatic carbocycles. The van der Waals surface area contributed by atoms with Gasteiger partial charge in [0.1, 0.15) is 12.4 Å². The molecule has 0 saturated heterocycles. The summed E-state index contributed by atoms with van der Waals surface area (Å²) in [7, 11) is -4.40. The Hall–Kier alpha value is -1.23. The Morgan fingerprint density at radius 1 is 0.719 bits per heavy atom. The van der Waals surface area contributed by atoms with Crippen LogP contribution in [-0.2, 0) is 35.2 Å². The normalized spacial score (nSPS) is 11.7. The number of hydrogen-bond donors (Lipinski definition) is 1. The smallest absolute Gasteiger partial charge is 0.397 e. The van der Waals surface area contributed by atoms with Crippen molar-refractivity contribution in [2.45, 2.75) is 58.3 Å². The lowest BCUT2D eigenvalue weighted by Crippen LogP contribution is -2.14. The summed E-state index contributed by atoms with van der Waals surface area (Å²) in [5, 5.41) is 0. The molecular weight excluding hydrogens is 436 g/mol. The monoisotopic (exact) mass is 476 g/mol. The van der Waals surface area contributed by atoms with E-state index in [-0.39, 0.29) is 13.2 Å². The van der Waals surface area contributed by atoms with Crippen molar-refractivity contribution in [1.82, 2.24) is 0 Å². The summed E-state index contributed by atoms with van der Waals surface area (Å²) < 4.78 is 55.0. The second-order valence-electron chi connectivity index (χ2n) is 7.41. The standard InChI is InChI=1S/C23H40O8S/c1-2-3-4-5-6-7-8-11-22-12-9-10-13-23(22)30-20-18-28-16-14-27-15-17-29-19-21-31-32(24,25)26/h9-10,12-13H,2-8,11,14-21H2,1H3,(H,24,25,26). The maximum atomic E-state index is 10.3. The molecule has 1 aromatic rings. The molecule has 8 nitrogen and oxygen atoms in total. The summed E-state index contributed by atoms with van der Waals surface area (Å²) in [6.07, 6.45) is 10.1. The summed E-state index contributed by atoms with van der Waals surface area (Å²) in [5.41, 5.74) is 1.26. The van der Waals surface area contributed by atoms with Gasteiger partial charge in [0.15, 0.2) is 0 Å². The number of para-hydroxylation sites is 1. The van der Waals surface area contributed by atoms with Crippen LogP contribution >= 0.6 is 0 Å². The molecule has 0 bridgehead atoms. The SMILES string of the molecule is CCCCCCCCCc1ccccc1OCCOCCOCCOCCOS(=O)(=O)O. The van der Waals surface area contributed by atoms with Gasteiger partial charge < -0.3 is 18.9 Å². The highest BCUT2D eigenvalue weighted by atomic mass is 32.3. The molecule has 0 saturated carbocycles. The third kappa shape index (κ3) is 17.3. The molecule has 0 aliphatic rings. The molecule has 0 radical (unpaired) electrons. The Balaban J connectivity index is 1.98. The van der Waals surface area contributed by atoms with Gasteiger partial charge in [0.2, 0.25) is 0 Å². The number of rotatable bonds is 22. The van der Waals surface area contributed by atoms with Gasteiger partial charge >= 0.3 is 10.4 Å². The summed E-state index contributed by atoms with van der Waals surface area (Å²) in [4.78, 5) is 0. The Morgan fingerprint density at radius 3 is 1.88 bits per heavy atom. The van der Waals surface area contributed by atoms with Crippen LogP contribution in [0.5, 0.6) is 5.75 Å². The maximum Gasteiger partial charge on any atom is 0.397 e. The largest absolute Gasteiger partial charge is 0.491 e. The zero-order valence-corrected chi connectivity index (χ0v) is 20.2. The minimum absolute atomic E-state index is 0.0530. The first-order valence-electron chi connectivity index (χ1n) is 11.6. The van der Waals surface area contributed by atoms with Crippen LogP contribution in [0.4, 0.5) is 0 Å². The Kier molecular flexibility index (Phi) is 17.3. The fraction of sp³-hybridized carbons (Fsp3) is 0.739. The molecule has 32 heavy (non-hydrogen) atoms. The summed E-state index contributed by atoms with van der Waals surface area (Å²) in [5.74, 6) is 0.938. The van der Waals surface area contributed by atoms with Gasteiger partial charge in [0.05, 0.1) is 46.2 Å². The summed E-state index contributed by atoms with van der Waals surface area (Å²) in [6, 6.07) is 8.20. The highest BCUT2D eigenvalue weighted by molar-refractivity contribution is 7.80. The van der Waals surface area contributed by atoms with E-state index in [0.717, 1.165) is 12.2 Å². The van der Waals surface area contributed by atoms with Crippen LogP contribution in [0, 0.1) is 0 Å². The van der Waals surface area contributed by atoms with Crippen LogP contribution in [0.15, 0.2) is 24.3 Å².